The van der Waals surface area contributed by atoms with E-state index < -0.39 is 0 Å². The quantitative estimate of drug-likeness (QED) is 0.665. The Balaban J connectivity index is 0.00000132. The van der Waals surface area contributed by atoms with Crippen LogP contribution in [0.25, 0.3) is 11.2 Å². The van der Waals surface area contributed by atoms with Crippen LogP contribution in [0.3, 0.4) is 0 Å². The van der Waals surface area contributed by atoms with Gasteiger partial charge in [0.1, 0.15) is 15.0 Å². The fourth-order valence-electron chi connectivity index (χ4n) is 3.19. The molecule has 2 aliphatic heterocycles. The van der Waals surface area contributed by atoms with Crippen molar-refractivity contribution < 1.29 is 0 Å². The number of H-pyrrole nitrogens is 1. The van der Waals surface area contributed by atoms with Gasteiger partial charge in [-0.25, -0.2) is 9.97 Å². The number of anilines is 1. The smallest absolute Gasteiger partial charge is 0.202 e. The van der Waals surface area contributed by atoms with Gasteiger partial charge >= 0.3 is 0 Å². The van der Waals surface area contributed by atoms with E-state index in [1.165, 1.54) is 25.9 Å². The van der Waals surface area contributed by atoms with Gasteiger partial charge in [0.25, 0.3) is 0 Å². The number of hydrogen-bond acceptors (Lipinski definition) is 5. The zero-order valence-electron chi connectivity index (χ0n) is 11.5. The molecule has 4 heterocycles. The van der Waals surface area contributed by atoms with Gasteiger partial charge in [0.2, 0.25) is 5.65 Å². The van der Waals surface area contributed by atoms with Gasteiger partial charge in [-0.1, -0.05) is 0 Å². The van der Waals surface area contributed by atoms with Crippen molar-refractivity contribution >= 4 is 56.6 Å². The van der Waals surface area contributed by atoms with Crippen LogP contribution in [0.1, 0.15) is 12.8 Å². The minimum Gasteiger partial charge on any atom is -0.355 e. The molecule has 6 nitrogen and oxygen atoms in total. The third-order valence-corrected chi connectivity index (χ3v) is 5.20. The van der Waals surface area contributed by atoms with Gasteiger partial charge in [0.05, 0.1) is 6.20 Å². The van der Waals surface area contributed by atoms with Crippen LogP contribution in [0.2, 0.25) is 0 Å². The Kier molecular flexibility index (Phi) is 4.65. The van der Waals surface area contributed by atoms with Crippen molar-refractivity contribution in [3.05, 3.63) is 9.90 Å². The molecule has 2 aromatic rings. The van der Waals surface area contributed by atoms with Gasteiger partial charge in [-0.15, -0.1) is 17.0 Å². The summed E-state index contributed by atoms with van der Waals surface area (Å²) in [5.41, 5.74) is 1.58. The molecule has 1 atom stereocenters. The van der Waals surface area contributed by atoms with Gasteiger partial charge in [0, 0.05) is 13.1 Å². The molecule has 2 fully saturated rings. The Morgan fingerprint density at radius 1 is 1.29 bits per heavy atom. The SMILES string of the molecule is Br.Ic1[nH]nc2nc(N3CC(C4CCCNC4)C3)cnc12. The summed E-state index contributed by atoms with van der Waals surface area (Å²) in [7, 11) is 0. The second-order valence-electron chi connectivity index (χ2n) is 5.71. The molecule has 0 aliphatic carbocycles. The summed E-state index contributed by atoms with van der Waals surface area (Å²) in [5.74, 6) is 2.60. The zero-order chi connectivity index (χ0) is 13.5. The Hall–Kier alpha value is -0.480. The largest absolute Gasteiger partial charge is 0.355 e. The number of nitrogens with one attached hydrogen (secondary N) is 2. The van der Waals surface area contributed by atoms with Gasteiger partial charge in [-0.05, 0) is 60.4 Å². The van der Waals surface area contributed by atoms with E-state index in [0.717, 1.165) is 45.6 Å². The lowest BCUT2D eigenvalue weighted by Gasteiger charge is -2.45. The number of aromatic amines is 1. The molecular weight excluding hydrogens is 447 g/mol. The third kappa shape index (κ3) is 2.89. The Labute approximate surface area is 147 Å². The number of aromatic nitrogens is 4. The minimum absolute atomic E-state index is 0. The van der Waals surface area contributed by atoms with Crippen molar-refractivity contribution in [2.24, 2.45) is 11.8 Å². The van der Waals surface area contributed by atoms with Crippen LogP contribution in [0.4, 0.5) is 5.82 Å². The predicted molar refractivity (Wildman–Crippen MR) is 96.0 cm³/mol. The number of nitrogens with zero attached hydrogens (tertiary/aromatic N) is 4. The van der Waals surface area contributed by atoms with E-state index in [1.54, 1.807) is 0 Å². The Morgan fingerprint density at radius 3 is 2.90 bits per heavy atom. The first-order valence-corrected chi connectivity index (χ1v) is 8.21. The van der Waals surface area contributed by atoms with Crippen LogP contribution in [-0.2, 0) is 0 Å². The highest BCUT2D eigenvalue weighted by Crippen LogP contribution is 2.31. The van der Waals surface area contributed by atoms with Crippen molar-refractivity contribution in [3.8, 4) is 0 Å². The normalized spacial score (nSPS) is 22.9. The Morgan fingerprint density at radius 2 is 2.14 bits per heavy atom. The van der Waals surface area contributed by atoms with Crippen LogP contribution in [-0.4, -0.2) is 46.3 Å². The molecule has 2 aromatic heterocycles. The standard InChI is InChI=1S/C13H17IN6.BrH/c14-12-11-13(19-18-12)17-10(5-16-11)20-6-9(7-20)8-2-1-3-15-4-8;/h5,8-9,15H,1-4,6-7H2,(H,17,18,19);1H. The van der Waals surface area contributed by atoms with E-state index in [1.807, 2.05) is 6.20 Å². The topological polar surface area (TPSA) is 69.7 Å². The second kappa shape index (κ2) is 6.33. The van der Waals surface area contributed by atoms with Crippen LogP contribution < -0.4 is 10.2 Å². The highest BCUT2D eigenvalue weighted by molar-refractivity contribution is 14.1. The van der Waals surface area contributed by atoms with E-state index in [0.29, 0.717) is 0 Å². The van der Waals surface area contributed by atoms with E-state index in [-0.39, 0.29) is 17.0 Å². The molecular formula is C13H18BrIN6. The molecule has 0 bridgehead atoms. The van der Waals surface area contributed by atoms with Gasteiger partial charge in [-0.3, -0.25) is 5.10 Å². The molecule has 2 saturated heterocycles. The fraction of sp³-hybridized carbons (Fsp3) is 0.615. The molecule has 8 heteroatoms. The molecule has 2 aliphatic rings. The summed E-state index contributed by atoms with van der Waals surface area (Å²) in [5, 5.41) is 10.6. The number of piperidine rings is 1. The summed E-state index contributed by atoms with van der Waals surface area (Å²) >= 11 is 2.20. The van der Waals surface area contributed by atoms with Gasteiger partial charge in [-0.2, -0.15) is 5.10 Å². The van der Waals surface area contributed by atoms with E-state index in [9.17, 15) is 0 Å². The van der Waals surface area contributed by atoms with Crippen LogP contribution in [0.15, 0.2) is 6.20 Å². The Bertz CT molecular complexity index is 620. The summed E-state index contributed by atoms with van der Waals surface area (Å²) < 4.78 is 0.950. The highest BCUT2D eigenvalue weighted by atomic mass is 127. The average molecular weight is 465 g/mol. The molecule has 21 heavy (non-hydrogen) atoms. The van der Waals surface area contributed by atoms with Crippen LogP contribution >= 0.6 is 39.6 Å². The first kappa shape index (κ1) is 15.4. The second-order valence-corrected chi connectivity index (χ2v) is 6.79. The zero-order valence-corrected chi connectivity index (χ0v) is 15.4. The first-order valence-electron chi connectivity index (χ1n) is 7.13. The predicted octanol–water partition coefficient (Wildman–Crippen LogP) is 1.97. The maximum atomic E-state index is 4.60. The third-order valence-electron chi connectivity index (χ3n) is 4.44. The number of hydrogen-bond donors (Lipinski definition) is 2. The molecule has 0 radical (unpaired) electrons. The molecule has 0 spiro atoms. The van der Waals surface area contributed by atoms with E-state index >= 15 is 0 Å². The lowest BCUT2D eigenvalue weighted by molar-refractivity contribution is 0.223. The maximum absolute atomic E-state index is 4.60. The number of halogens is 2. The summed E-state index contributed by atoms with van der Waals surface area (Å²) in [6.07, 6.45) is 4.56. The number of rotatable bonds is 2. The molecule has 2 N–H and O–H groups in total. The van der Waals surface area contributed by atoms with Crippen molar-refractivity contribution in [2.75, 3.05) is 31.1 Å². The van der Waals surface area contributed by atoms with Gasteiger partial charge in [0.15, 0.2) is 0 Å². The lowest BCUT2D eigenvalue weighted by atomic mass is 9.81. The fourth-order valence-corrected chi connectivity index (χ4v) is 3.69. The van der Waals surface area contributed by atoms with Crippen LogP contribution in [0, 0.1) is 15.5 Å². The molecule has 4 rings (SSSR count). The van der Waals surface area contributed by atoms with E-state index in [2.05, 4.69) is 53.0 Å². The van der Waals surface area contributed by atoms with Crippen molar-refractivity contribution in [3.63, 3.8) is 0 Å². The molecule has 0 saturated carbocycles. The minimum atomic E-state index is 0. The summed E-state index contributed by atoms with van der Waals surface area (Å²) in [6.45, 7) is 4.58. The van der Waals surface area contributed by atoms with Crippen molar-refractivity contribution in [2.45, 2.75) is 12.8 Å². The average Bonchev–Trinajstić information content (AvgIpc) is 2.80. The van der Waals surface area contributed by atoms with Gasteiger partial charge < -0.3 is 10.2 Å². The number of fused-ring (bicyclic) bond motifs is 1. The van der Waals surface area contributed by atoms with Crippen molar-refractivity contribution in [1.29, 1.82) is 0 Å². The van der Waals surface area contributed by atoms with Crippen LogP contribution in [0.5, 0.6) is 0 Å². The molecule has 0 amide bonds. The highest BCUT2D eigenvalue weighted by Gasteiger charge is 2.34. The van der Waals surface area contributed by atoms with Crippen molar-refractivity contribution in [1.82, 2.24) is 25.5 Å². The lowest BCUT2D eigenvalue weighted by Crippen LogP contribution is -2.53. The molecule has 114 valence electrons. The first-order chi connectivity index (χ1) is 9.81. The molecule has 0 aromatic carbocycles. The molecule has 1 unspecified atom stereocenters. The summed E-state index contributed by atoms with van der Waals surface area (Å²) in [6, 6.07) is 0. The monoisotopic (exact) mass is 464 g/mol. The summed E-state index contributed by atoms with van der Waals surface area (Å²) in [4.78, 5) is 11.4. The maximum Gasteiger partial charge on any atom is 0.202 e. The van der Waals surface area contributed by atoms with E-state index in [4.69, 9.17) is 0 Å².